The van der Waals surface area contributed by atoms with Crippen LogP contribution in [-0.4, -0.2) is 24.9 Å². The maximum absolute atomic E-state index is 12.9. The molecule has 0 N–H and O–H groups in total. The Morgan fingerprint density at radius 3 is 2.09 bits per heavy atom. The van der Waals surface area contributed by atoms with Gasteiger partial charge in [0.15, 0.2) is 0 Å². The maximum Gasteiger partial charge on any atom is 0.243 e. The van der Waals surface area contributed by atoms with E-state index in [0.717, 1.165) is 27.9 Å². The van der Waals surface area contributed by atoms with Gasteiger partial charge in [-0.15, -0.1) is 0 Å². The zero-order valence-electron chi connectivity index (χ0n) is 13.9. The maximum atomic E-state index is 12.9. The Morgan fingerprint density at radius 2 is 1.64 bits per heavy atom. The summed E-state index contributed by atoms with van der Waals surface area (Å²) in [7, 11) is -1.98. The van der Waals surface area contributed by atoms with Gasteiger partial charge in [0.25, 0.3) is 0 Å². The van der Waals surface area contributed by atoms with Gasteiger partial charge in [0.2, 0.25) is 10.0 Å². The van der Waals surface area contributed by atoms with E-state index in [2.05, 4.69) is 5.16 Å². The van der Waals surface area contributed by atoms with Gasteiger partial charge >= 0.3 is 0 Å². The summed E-state index contributed by atoms with van der Waals surface area (Å²) in [5.74, 6) is 0.650. The molecule has 0 radical (unpaired) electrons. The molecule has 0 aliphatic rings. The zero-order valence-corrected chi connectivity index (χ0v) is 14.7. The number of hydrogen-bond donors (Lipinski definition) is 0. The molecule has 2 aromatic rings. The van der Waals surface area contributed by atoms with Crippen LogP contribution in [0.15, 0.2) is 21.6 Å². The van der Waals surface area contributed by atoms with Gasteiger partial charge in [-0.3, -0.25) is 0 Å². The summed E-state index contributed by atoms with van der Waals surface area (Å²) >= 11 is 0. The number of benzene rings is 1. The van der Waals surface area contributed by atoms with Crippen molar-refractivity contribution in [3.8, 4) is 0 Å². The van der Waals surface area contributed by atoms with Crippen molar-refractivity contribution in [1.82, 2.24) is 9.46 Å². The van der Waals surface area contributed by atoms with Crippen LogP contribution in [0.4, 0.5) is 0 Å². The second-order valence-electron chi connectivity index (χ2n) is 5.79. The van der Waals surface area contributed by atoms with Crippen molar-refractivity contribution in [1.29, 1.82) is 0 Å². The topological polar surface area (TPSA) is 63.4 Å². The van der Waals surface area contributed by atoms with Gasteiger partial charge in [0.1, 0.15) is 5.76 Å². The fourth-order valence-corrected chi connectivity index (χ4v) is 4.31. The first-order valence-electron chi connectivity index (χ1n) is 7.10. The number of sulfonamides is 1. The Morgan fingerprint density at radius 1 is 1.09 bits per heavy atom. The lowest BCUT2D eigenvalue weighted by Gasteiger charge is -2.20. The number of nitrogens with zero attached hydrogens (tertiary/aromatic N) is 2. The molecule has 0 fully saturated rings. The normalized spacial score (nSPS) is 12.1. The first-order valence-corrected chi connectivity index (χ1v) is 8.54. The zero-order chi connectivity index (χ0) is 16.7. The fraction of sp³-hybridized carbons (Fsp3) is 0.438. The summed E-state index contributed by atoms with van der Waals surface area (Å²) in [6, 6.07) is 3.78. The lowest BCUT2D eigenvalue weighted by molar-refractivity contribution is 0.390. The summed E-state index contributed by atoms with van der Waals surface area (Å²) in [4.78, 5) is 0.382. The average molecular weight is 322 g/mol. The molecule has 0 unspecified atom stereocenters. The van der Waals surface area contributed by atoms with Crippen LogP contribution in [0.3, 0.4) is 0 Å². The lowest BCUT2D eigenvalue weighted by Crippen LogP contribution is -2.28. The number of rotatable bonds is 4. The summed E-state index contributed by atoms with van der Waals surface area (Å²) in [6.45, 7) is 9.47. The molecule has 22 heavy (non-hydrogen) atoms. The van der Waals surface area contributed by atoms with Crippen LogP contribution in [0, 0.1) is 34.6 Å². The van der Waals surface area contributed by atoms with E-state index in [1.165, 1.54) is 4.31 Å². The molecule has 1 aromatic heterocycles. The highest BCUT2D eigenvalue weighted by atomic mass is 32.2. The molecular formula is C16H22N2O3S. The van der Waals surface area contributed by atoms with E-state index in [-0.39, 0.29) is 6.54 Å². The van der Waals surface area contributed by atoms with E-state index in [4.69, 9.17) is 4.52 Å². The third-order valence-corrected chi connectivity index (χ3v) is 5.94. The minimum atomic E-state index is -3.56. The van der Waals surface area contributed by atoms with E-state index in [1.54, 1.807) is 14.0 Å². The molecule has 0 atom stereocenters. The van der Waals surface area contributed by atoms with E-state index in [0.29, 0.717) is 10.7 Å². The predicted molar refractivity (Wildman–Crippen MR) is 85.3 cm³/mol. The molecule has 1 aromatic carbocycles. The minimum Gasteiger partial charge on any atom is -0.361 e. The van der Waals surface area contributed by atoms with Crippen molar-refractivity contribution in [2.75, 3.05) is 7.05 Å². The molecule has 5 nitrogen and oxygen atoms in total. The van der Waals surface area contributed by atoms with E-state index < -0.39 is 10.0 Å². The molecule has 120 valence electrons. The molecule has 0 saturated carbocycles. The lowest BCUT2D eigenvalue weighted by atomic mass is 10.1. The molecule has 1 heterocycles. The highest BCUT2D eigenvalue weighted by molar-refractivity contribution is 7.89. The number of aryl methyl sites for hydroxylation is 5. The SMILES string of the molecule is Cc1cc(C)c(S(=O)(=O)N(C)Cc2c(C)noc2C)c(C)c1. The first kappa shape index (κ1) is 16.7. The summed E-state index contributed by atoms with van der Waals surface area (Å²) in [5.41, 5.74) is 4.12. The Bertz CT molecular complexity index is 764. The Kier molecular flexibility index (Phi) is 4.44. The predicted octanol–water partition coefficient (Wildman–Crippen LogP) is 3.04. The van der Waals surface area contributed by atoms with Gasteiger partial charge < -0.3 is 4.52 Å². The van der Waals surface area contributed by atoms with Gasteiger partial charge in [-0.2, -0.15) is 4.31 Å². The molecule has 0 amide bonds. The second kappa shape index (κ2) is 5.85. The monoisotopic (exact) mass is 322 g/mol. The van der Waals surface area contributed by atoms with Gasteiger partial charge in [-0.25, -0.2) is 8.42 Å². The first-order chi connectivity index (χ1) is 10.1. The van der Waals surface area contributed by atoms with Gasteiger partial charge in [-0.05, 0) is 45.7 Å². The summed E-state index contributed by atoms with van der Waals surface area (Å²) in [6.07, 6.45) is 0. The van der Waals surface area contributed by atoms with E-state index in [9.17, 15) is 8.42 Å². The third kappa shape index (κ3) is 2.94. The summed E-state index contributed by atoms with van der Waals surface area (Å²) < 4.78 is 32.3. The standard InChI is InChI=1S/C16H22N2O3S/c1-10-7-11(2)16(12(3)8-10)22(19,20)18(6)9-15-13(4)17-21-14(15)5/h7-8H,9H2,1-6H3. The highest BCUT2D eigenvalue weighted by Crippen LogP contribution is 2.26. The van der Waals surface area contributed by atoms with Gasteiger partial charge in [0, 0.05) is 19.2 Å². The smallest absolute Gasteiger partial charge is 0.243 e. The number of aromatic nitrogens is 1. The largest absolute Gasteiger partial charge is 0.361 e. The van der Waals surface area contributed by atoms with Crippen LogP contribution >= 0.6 is 0 Å². The molecule has 0 spiro atoms. The van der Waals surface area contributed by atoms with Crippen molar-refractivity contribution in [2.45, 2.75) is 46.1 Å². The fourth-order valence-electron chi connectivity index (χ4n) is 2.76. The Hall–Kier alpha value is -1.66. The molecule has 0 aliphatic heterocycles. The highest BCUT2D eigenvalue weighted by Gasteiger charge is 2.26. The third-order valence-electron chi connectivity index (χ3n) is 3.83. The molecule has 0 saturated heterocycles. The molecule has 0 bridgehead atoms. The van der Waals surface area contributed by atoms with Crippen LogP contribution < -0.4 is 0 Å². The molecule has 0 aliphatic carbocycles. The van der Waals surface area contributed by atoms with Gasteiger partial charge in [0.05, 0.1) is 10.6 Å². The van der Waals surface area contributed by atoms with Crippen LogP contribution in [0.2, 0.25) is 0 Å². The van der Waals surface area contributed by atoms with Crippen LogP contribution in [0.5, 0.6) is 0 Å². The summed E-state index contributed by atoms with van der Waals surface area (Å²) in [5, 5.41) is 3.87. The molecule has 6 heteroatoms. The van der Waals surface area contributed by atoms with E-state index in [1.807, 2.05) is 39.8 Å². The van der Waals surface area contributed by atoms with Crippen molar-refractivity contribution < 1.29 is 12.9 Å². The quantitative estimate of drug-likeness (QED) is 0.868. The average Bonchev–Trinajstić information content (AvgIpc) is 2.68. The van der Waals surface area contributed by atoms with Crippen molar-refractivity contribution in [2.24, 2.45) is 0 Å². The molecule has 2 rings (SSSR count). The van der Waals surface area contributed by atoms with Crippen molar-refractivity contribution in [3.05, 3.63) is 45.8 Å². The molecular weight excluding hydrogens is 300 g/mol. The Labute approximate surface area is 132 Å². The Balaban J connectivity index is 2.43. The van der Waals surface area contributed by atoms with Crippen molar-refractivity contribution >= 4 is 10.0 Å². The number of hydrogen-bond acceptors (Lipinski definition) is 4. The van der Waals surface area contributed by atoms with E-state index >= 15 is 0 Å². The van der Waals surface area contributed by atoms with Crippen LogP contribution in [0.1, 0.15) is 33.7 Å². The van der Waals surface area contributed by atoms with Crippen molar-refractivity contribution in [3.63, 3.8) is 0 Å². The van der Waals surface area contributed by atoms with Crippen LogP contribution in [0.25, 0.3) is 0 Å². The minimum absolute atomic E-state index is 0.246. The van der Waals surface area contributed by atoms with Gasteiger partial charge in [-0.1, -0.05) is 22.9 Å². The van der Waals surface area contributed by atoms with Crippen LogP contribution in [-0.2, 0) is 16.6 Å². The second-order valence-corrected chi connectivity index (χ2v) is 7.77.